The number of carbonyl (C=O) groups is 2. The Morgan fingerprint density at radius 2 is 2.17 bits per heavy atom. The fraction of sp³-hybridized carbons (Fsp3) is 0.188. The quantitative estimate of drug-likeness (QED) is 0.732. The number of aromatic nitrogens is 2. The van der Waals surface area contributed by atoms with Gasteiger partial charge in [0.25, 0.3) is 0 Å². The van der Waals surface area contributed by atoms with Crippen molar-refractivity contribution >= 4 is 45.4 Å². The lowest BCUT2D eigenvalue weighted by Gasteiger charge is -2.08. The summed E-state index contributed by atoms with van der Waals surface area (Å²) < 4.78 is 1.86. The second-order valence-corrected chi connectivity index (χ2v) is 6.59. The molecule has 3 rings (SSSR count). The molecule has 0 aliphatic rings. The van der Waals surface area contributed by atoms with E-state index in [-0.39, 0.29) is 24.8 Å². The van der Waals surface area contributed by atoms with Crippen LogP contribution in [0.5, 0.6) is 0 Å². The van der Waals surface area contributed by atoms with Gasteiger partial charge in [0.1, 0.15) is 0 Å². The minimum atomic E-state index is -0.333. The van der Waals surface area contributed by atoms with Crippen LogP contribution in [-0.2, 0) is 16.0 Å². The standard InChI is InChI=1S/C16H15ClN4O2S/c1-10-2-3-13(12(17)6-10)20-15(23)8-18-14(22)7-11-9-21-4-5-24-16(21)19-11/h2-6,9H,7-8H2,1H3,(H,18,22)(H,20,23). The van der Waals surface area contributed by atoms with Crippen LogP contribution >= 0.6 is 22.9 Å². The molecule has 2 N–H and O–H groups in total. The van der Waals surface area contributed by atoms with E-state index in [1.54, 1.807) is 18.3 Å². The van der Waals surface area contributed by atoms with Gasteiger partial charge in [-0.15, -0.1) is 11.3 Å². The highest BCUT2D eigenvalue weighted by atomic mass is 35.5. The molecule has 0 aliphatic heterocycles. The van der Waals surface area contributed by atoms with E-state index in [1.165, 1.54) is 11.3 Å². The Bertz CT molecular complexity index is 874. The molecule has 0 radical (unpaired) electrons. The molecular weight excluding hydrogens is 348 g/mol. The van der Waals surface area contributed by atoms with Crippen LogP contribution in [0, 0.1) is 6.92 Å². The first-order valence-corrected chi connectivity index (χ1v) is 8.51. The van der Waals surface area contributed by atoms with Crippen LogP contribution in [0.15, 0.2) is 36.0 Å². The summed E-state index contributed by atoms with van der Waals surface area (Å²) in [4.78, 5) is 29.0. The molecule has 0 aliphatic carbocycles. The van der Waals surface area contributed by atoms with Gasteiger partial charge in [0.05, 0.1) is 29.4 Å². The number of hydrogen-bond acceptors (Lipinski definition) is 4. The normalized spacial score (nSPS) is 10.8. The summed E-state index contributed by atoms with van der Waals surface area (Å²) in [6.45, 7) is 1.79. The second kappa shape index (κ2) is 7.02. The van der Waals surface area contributed by atoms with Gasteiger partial charge in [-0.3, -0.25) is 14.0 Å². The Morgan fingerprint density at radius 1 is 1.33 bits per heavy atom. The second-order valence-electron chi connectivity index (χ2n) is 5.31. The van der Waals surface area contributed by atoms with Crippen molar-refractivity contribution in [3.63, 3.8) is 0 Å². The molecule has 0 atom stereocenters. The molecule has 2 aromatic heterocycles. The summed E-state index contributed by atoms with van der Waals surface area (Å²) in [6, 6.07) is 5.35. The SMILES string of the molecule is Cc1ccc(NC(=O)CNC(=O)Cc2cn3ccsc3n2)c(Cl)c1. The zero-order valence-electron chi connectivity index (χ0n) is 12.9. The first-order chi connectivity index (χ1) is 11.5. The van der Waals surface area contributed by atoms with Crippen molar-refractivity contribution in [2.75, 3.05) is 11.9 Å². The van der Waals surface area contributed by atoms with Gasteiger partial charge < -0.3 is 10.6 Å². The molecule has 2 heterocycles. The third-order valence-corrected chi connectivity index (χ3v) is 4.41. The van der Waals surface area contributed by atoms with Crippen LogP contribution in [0.25, 0.3) is 4.96 Å². The third kappa shape index (κ3) is 3.93. The van der Waals surface area contributed by atoms with Gasteiger partial charge in [0.15, 0.2) is 4.96 Å². The molecule has 3 aromatic rings. The molecular formula is C16H15ClN4O2S. The Balaban J connectivity index is 1.50. The molecule has 0 spiro atoms. The van der Waals surface area contributed by atoms with Crippen molar-refractivity contribution in [2.24, 2.45) is 0 Å². The number of halogens is 1. The van der Waals surface area contributed by atoms with Gasteiger partial charge in [-0.25, -0.2) is 4.98 Å². The van der Waals surface area contributed by atoms with E-state index in [9.17, 15) is 9.59 Å². The van der Waals surface area contributed by atoms with E-state index >= 15 is 0 Å². The van der Waals surface area contributed by atoms with E-state index in [0.29, 0.717) is 16.4 Å². The zero-order valence-corrected chi connectivity index (χ0v) is 14.4. The van der Waals surface area contributed by atoms with Gasteiger partial charge in [0.2, 0.25) is 11.8 Å². The fourth-order valence-electron chi connectivity index (χ4n) is 2.18. The van der Waals surface area contributed by atoms with Crippen LogP contribution in [0.4, 0.5) is 5.69 Å². The topological polar surface area (TPSA) is 75.5 Å². The van der Waals surface area contributed by atoms with Crippen molar-refractivity contribution in [1.82, 2.24) is 14.7 Å². The lowest BCUT2D eigenvalue weighted by molar-refractivity contribution is -0.123. The van der Waals surface area contributed by atoms with Crippen LogP contribution in [-0.4, -0.2) is 27.7 Å². The van der Waals surface area contributed by atoms with Crippen LogP contribution in [0.1, 0.15) is 11.3 Å². The number of imidazole rings is 1. The lowest BCUT2D eigenvalue weighted by Crippen LogP contribution is -2.33. The number of nitrogens with zero attached hydrogens (tertiary/aromatic N) is 2. The maximum atomic E-state index is 11.9. The highest BCUT2D eigenvalue weighted by Gasteiger charge is 2.11. The first kappa shape index (κ1) is 16.5. The Labute approximate surface area is 147 Å². The van der Waals surface area contributed by atoms with Crippen LogP contribution in [0.2, 0.25) is 5.02 Å². The molecule has 2 amide bonds. The van der Waals surface area contributed by atoms with Crippen LogP contribution in [0.3, 0.4) is 0 Å². The number of thiazole rings is 1. The van der Waals surface area contributed by atoms with Crippen LogP contribution < -0.4 is 10.6 Å². The van der Waals surface area contributed by atoms with E-state index in [4.69, 9.17) is 11.6 Å². The van der Waals surface area contributed by atoms with Gasteiger partial charge in [-0.05, 0) is 24.6 Å². The predicted octanol–water partition coefficient (Wildman–Crippen LogP) is 2.66. The number of nitrogens with one attached hydrogen (secondary N) is 2. The Hall–Kier alpha value is -2.38. The number of fused-ring (bicyclic) bond motifs is 1. The van der Waals surface area contributed by atoms with E-state index in [1.807, 2.05) is 29.0 Å². The smallest absolute Gasteiger partial charge is 0.243 e. The molecule has 6 nitrogen and oxygen atoms in total. The maximum absolute atomic E-state index is 11.9. The summed E-state index contributed by atoms with van der Waals surface area (Å²) in [5.74, 6) is -0.592. The molecule has 0 saturated heterocycles. The number of benzene rings is 1. The monoisotopic (exact) mass is 362 g/mol. The van der Waals surface area contributed by atoms with E-state index in [2.05, 4.69) is 15.6 Å². The van der Waals surface area contributed by atoms with Gasteiger partial charge in [-0.1, -0.05) is 17.7 Å². The molecule has 8 heteroatoms. The lowest BCUT2D eigenvalue weighted by atomic mass is 10.2. The molecule has 1 aromatic carbocycles. The predicted molar refractivity (Wildman–Crippen MR) is 94.6 cm³/mol. The van der Waals surface area contributed by atoms with Crippen molar-refractivity contribution in [3.8, 4) is 0 Å². The van der Waals surface area contributed by atoms with E-state index < -0.39 is 0 Å². The fourth-order valence-corrected chi connectivity index (χ4v) is 3.18. The molecule has 0 fully saturated rings. The van der Waals surface area contributed by atoms with Crippen molar-refractivity contribution < 1.29 is 9.59 Å². The Morgan fingerprint density at radius 3 is 2.92 bits per heavy atom. The average Bonchev–Trinajstić information content (AvgIpc) is 3.09. The molecule has 24 heavy (non-hydrogen) atoms. The minimum Gasteiger partial charge on any atom is -0.347 e. The van der Waals surface area contributed by atoms with Gasteiger partial charge in [0, 0.05) is 17.8 Å². The number of carbonyl (C=O) groups excluding carboxylic acids is 2. The summed E-state index contributed by atoms with van der Waals surface area (Å²) in [5.41, 5.74) is 2.20. The maximum Gasteiger partial charge on any atom is 0.243 e. The highest BCUT2D eigenvalue weighted by Crippen LogP contribution is 2.22. The van der Waals surface area contributed by atoms with Gasteiger partial charge in [-0.2, -0.15) is 0 Å². The summed E-state index contributed by atoms with van der Waals surface area (Å²) in [5, 5.41) is 7.64. The summed E-state index contributed by atoms with van der Waals surface area (Å²) in [6.07, 6.45) is 3.82. The summed E-state index contributed by atoms with van der Waals surface area (Å²) >= 11 is 7.56. The largest absolute Gasteiger partial charge is 0.347 e. The number of aryl methyl sites for hydroxylation is 1. The number of anilines is 1. The first-order valence-electron chi connectivity index (χ1n) is 7.25. The average molecular weight is 363 g/mol. The molecule has 0 unspecified atom stereocenters. The zero-order chi connectivity index (χ0) is 17.1. The number of hydrogen-bond donors (Lipinski definition) is 2. The Kier molecular flexibility index (Phi) is 4.82. The molecule has 124 valence electrons. The minimum absolute atomic E-state index is 0.120. The highest BCUT2D eigenvalue weighted by molar-refractivity contribution is 7.15. The van der Waals surface area contributed by atoms with Crippen molar-refractivity contribution in [1.29, 1.82) is 0 Å². The number of rotatable bonds is 5. The van der Waals surface area contributed by atoms with Crippen molar-refractivity contribution in [2.45, 2.75) is 13.3 Å². The molecule has 0 bridgehead atoms. The molecule has 0 saturated carbocycles. The van der Waals surface area contributed by atoms with E-state index in [0.717, 1.165) is 10.5 Å². The third-order valence-electron chi connectivity index (χ3n) is 3.33. The summed E-state index contributed by atoms with van der Waals surface area (Å²) in [7, 11) is 0. The number of amides is 2. The van der Waals surface area contributed by atoms with Gasteiger partial charge >= 0.3 is 0 Å². The van der Waals surface area contributed by atoms with Crippen molar-refractivity contribution in [3.05, 3.63) is 52.3 Å².